The van der Waals surface area contributed by atoms with E-state index < -0.39 is 22.4 Å². The summed E-state index contributed by atoms with van der Waals surface area (Å²) >= 11 is 0. The second kappa shape index (κ2) is 5.73. The van der Waals surface area contributed by atoms with Crippen molar-refractivity contribution in [3.05, 3.63) is 58.2 Å². The number of hydrogen-bond acceptors (Lipinski definition) is 5. The molecule has 2 rings (SSSR count). The third kappa shape index (κ3) is 3.65. The fraction of sp³-hybridized carbons (Fsp3) is 0.167. The van der Waals surface area contributed by atoms with Crippen LogP contribution in [0.1, 0.15) is 11.3 Å². The molecule has 0 radical (unpaired) electrons. The Kier molecular flexibility index (Phi) is 4.01. The molecule has 0 fully saturated rings. The Labute approximate surface area is 116 Å². The van der Waals surface area contributed by atoms with Crippen molar-refractivity contribution >= 4 is 11.4 Å². The SMILES string of the molecule is O=[N+]([O-])c1cc(C(F)(F)F)ccc1NCc1cnccn1. The van der Waals surface area contributed by atoms with Gasteiger partial charge in [0.15, 0.2) is 0 Å². The number of nitrogens with one attached hydrogen (secondary N) is 1. The number of halogens is 3. The maximum Gasteiger partial charge on any atom is 0.416 e. The van der Waals surface area contributed by atoms with E-state index in [4.69, 9.17) is 0 Å². The van der Waals surface area contributed by atoms with Crippen molar-refractivity contribution in [3.8, 4) is 0 Å². The molecule has 21 heavy (non-hydrogen) atoms. The maximum atomic E-state index is 12.6. The van der Waals surface area contributed by atoms with Gasteiger partial charge >= 0.3 is 6.18 Å². The predicted molar refractivity (Wildman–Crippen MR) is 67.5 cm³/mol. The number of anilines is 1. The molecule has 0 spiro atoms. The zero-order valence-electron chi connectivity index (χ0n) is 10.5. The van der Waals surface area contributed by atoms with Crippen LogP contribution in [0.15, 0.2) is 36.8 Å². The van der Waals surface area contributed by atoms with E-state index in [1.165, 1.54) is 18.6 Å². The van der Waals surface area contributed by atoms with Crippen molar-refractivity contribution in [1.29, 1.82) is 0 Å². The molecule has 0 bridgehead atoms. The molecule has 2 aromatic rings. The Morgan fingerprint density at radius 2 is 2.05 bits per heavy atom. The number of alkyl halides is 3. The van der Waals surface area contributed by atoms with Gasteiger partial charge in [-0.2, -0.15) is 13.2 Å². The molecule has 0 saturated carbocycles. The van der Waals surface area contributed by atoms with Crippen LogP contribution in [-0.4, -0.2) is 14.9 Å². The molecular formula is C12H9F3N4O2. The number of aromatic nitrogens is 2. The minimum absolute atomic E-state index is 0.0151. The molecule has 1 aromatic heterocycles. The van der Waals surface area contributed by atoms with Gasteiger partial charge in [-0.1, -0.05) is 0 Å². The van der Waals surface area contributed by atoms with Crippen molar-refractivity contribution in [2.24, 2.45) is 0 Å². The molecular weight excluding hydrogens is 289 g/mol. The van der Waals surface area contributed by atoms with E-state index in [0.717, 1.165) is 12.1 Å². The van der Waals surface area contributed by atoms with Gasteiger partial charge in [0.05, 0.1) is 28.9 Å². The van der Waals surface area contributed by atoms with E-state index in [9.17, 15) is 23.3 Å². The number of benzene rings is 1. The first-order valence-electron chi connectivity index (χ1n) is 5.72. The average molecular weight is 298 g/mol. The molecule has 1 heterocycles. The summed E-state index contributed by atoms with van der Waals surface area (Å²) in [5, 5.41) is 13.6. The first-order valence-corrected chi connectivity index (χ1v) is 5.72. The highest BCUT2D eigenvalue weighted by Gasteiger charge is 2.32. The van der Waals surface area contributed by atoms with Gasteiger partial charge in [0.25, 0.3) is 5.69 Å². The predicted octanol–water partition coefficient (Wildman–Crippen LogP) is 3.02. The highest BCUT2D eigenvalue weighted by atomic mass is 19.4. The van der Waals surface area contributed by atoms with Crippen molar-refractivity contribution in [3.63, 3.8) is 0 Å². The van der Waals surface area contributed by atoms with Gasteiger partial charge in [-0.25, -0.2) is 0 Å². The van der Waals surface area contributed by atoms with Gasteiger partial charge in [0, 0.05) is 18.5 Å². The summed E-state index contributed by atoms with van der Waals surface area (Å²) in [6, 6.07) is 2.31. The van der Waals surface area contributed by atoms with E-state index in [2.05, 4.69) is 15.3 Å². The first-order chi connectivity index (χ1) is 9.88. The summed E-state index contributed by atoms with van der Waals surface area (Å²) in [6.07, 6.45) is -0.278. The Balaban J connectivity index is 2.25. The van der Waals surface area contributed by atoms with Crippen LogP contribution in [0.2, 0.25) is 0 Å². The maximum absolute atomic E-state index is 12.6. The highest BCUT2D eigenvalue weighted by Crippen LogP contribution is 2.35. The number of nitro benzene ring substituents is 1. The monoisotopic (exact) mass is 298 g/mol. The van der Waals surface area contributed by atoms with Crippen LogP contribution in [0, 0.1) is 10.1 Å². The lowest BCUT2D eigenvalue weighted by molar-refractivity contribution is -0.384. The second-order valence-corrected chi connectivity index (χ2v) is 4.04. The van der Waals surface area contributed by atoms with Gasteiger partial charge in [-0.05, 0) is 12.1 Å². The zero-order valence-corrected chi connectivity index (χ0v) is 10.5. The zero-order chi connectivity index (χ0) is 15.5. The number of rotatable bonds is 4. The standard InChI is InChI=1S/C12H9F3N4O2/c13-12(14,15)8-1-2-10(11(5-8)19(20)21)18-7-9-6-16-3-4-17-9/h1-6,18H,7H2. The summed E-state index contributed by atoms with van der Waals surface area (Å²) in [7, 11) is 0. The number of nitrogens with zero attached hydrogens (tertiary/aromatic N) is 3. The molecule has 9 heteroatoms. The third-order valence-electron chi connectivity index (χ3n) is 2.60. The Bertz CT molecular complexity index is 647. The molecule has 0 aliphatic rings. The molecule has 110 valence electrons. The minimum Gasteiger partial charge on any atom is -0.374 e. The molecule has 0 aliphatic heterocycles. The molecule has 0 saturated heterocycles. The van der Waals surface area contributed by atoms with E-state index in [1.807, 2.05) is 0 Å². The number of hydrogen-bond donors (Lipinski definition) is 1. The first kappa shape index (κ1) is 14.7. The summed E-state index contributed by atoms with van der Waals surface area (Å²) < 4.78 is 37.7. The van der Waals surface area contributed by atoms with Crippen LogP contribution in [0.3, 0.4) is 0 Å². The van der Waals surface area contributed by atoms with Gasteiger partial charge in [0.1, 0.15) is 5.69 Å². The largest absolute Gasteiger partial charge is 0.416 e. The van der Waals surface area contributed by atoms with Gasteiger partial charge in [-0.3, -0.25) is 20.1 Å². The third-order valence-corrected chi connectivity index (χ3v) is 2.60. The Morgan fingerprint density at radius 1 is 1.29 bits per heavy atom. The molecule has 0 amide bonds. The fourth-order valence-electron chi connectivity index (χ4n) is 1.62. The molecule has 1 aromatic carbocycles. The Hall–Kier alpha value is -2.71. The van der Waals surface area contributed by atoms with Crippen molar-refractivity contribution < 1.29 is 18.1 Å². The fourth-order valence-corrected chi connectivity index (χ4v) is 1.62. The van der Waals surface area contributed by atoms with Gasteiger partial charge < -0.3 is 5.32 Å². The van der Waals surface area contributed by atoms with Crippen LogP contribution in [-0.2, 0) is 12.7 Å². The summed E-state index contributed by atoms with van der Waals surface area (Å²) in [5.41, 5.74) is -1.22. The molecule has 0 atom stereocenters. The lowest BCUT2D eigenvalue weighted by Gasteiger charge is -2.10. The van der Waals surface area contributed by atoms with Gasteiger partial charge in [0.2, 0.25) is 0 Å². The van der Waals surface area contributed by atoms with Crippen LogP contribution in [0.5, 0.6) is 0 Å². The summed E-state index contributed by atoms with van der Waals surface area (Å²) in [6.45, 7) is 0.111. The lowest BCUT2D eigenvalue weighted by Crippen LogP contribution is -2.08. The van der Waals surface area contributed by atoms with E-state index >= 15 is 0 Å². The molecule has 0 unspecified atom stereocenters. The molecule has 0 aliphatic carbocycles. The highest BCUT2D eigenvalue weighted by molar-refractivity contribution is 5.62. The summed E-state index contributed by atoms with van der Waals surface area (Å²) in [5.74, 6) is 0. The normalized spacial score (nSPS) is 11.2. The van der Waals surface area contributed by atoms with Crippen molar-refractivity contribution in [2.45, 2.75) is 12.7 Å². The second-order valence-electron chi connectivity index (χ2n) is 4.04. The van der Waals surface area contributed by atoms with Gasteiger partial charge in [-0.15, -0.1) is 0 Å². The van der Waals surface area contributed by atoms with Crippen LogP contribution >= 0.6 is 0 Å². The smallest absolute Gasteiger partial charge is 0.374 e. The molecule has 6 nitrogen and oxygen atoms in total. The van der Waals surface area contributed by atoms with Crippen LogP contribution in [0.4, 0.5) is 24.5 Å². The van der Waals surface area contributed by atoms with Crippen LogP contribution < -0.4 is 5.32 Å². The lowest BCUT2D eigenvalue weighted by atomic mass is 10.1. The van der Waals surface area contributed by atoms with E-state index in [0.29, 0.717) is 11.8 Å². The molecule has 1 N–H and O–H groups in total. The van der Waals surface area contributed by atoms with Crippen molar-refractivity contribution in [1.82, 2.24) is 9.97 Å². The Morgan fingerprint density at radius 3 is 2.62 bits per heavy atom. The summed E-state index contributed by atoms with van der Waals surface area (Å²) in [4.78, 5) is 17.8. The topological polar surface area (TPSA) is 81.0 Å². The van der Waals surface area contributed by atoms with Crippen molar-refractivity contribution in [2.75, 3.05) is 5.32 Å². The van der Waals surface area contributed by atoms with Crippen LogP contribution in [0.25, 0.3) is 0 Å². The quantitative estimate of drug-likeness (QED) is 0.693. The van der Waals surface area contributed by atoms with E-state index in [-0.39, 0.29) is 12.2 Å². The average Bonchev–Trinajstić information content (AvgIpc) is 2.45. The van der Waals surface area contributed by atoms with E-state index in [1.54, 1.807) is 0 Å². The minimum atomic E-state index is -4.63. The number of nitro groups is 1.